The number of benzene rings is 1. The molecule has 0 radical (unpaired) electrons. The van der Waals surface area contributed by atoms with E-state index in [0.29, 0.717) is 5.15 Å². The van der Waals surface area contributed by atoms with Crippen molar-refractivity contribution in [1.82, 2.24) is 9.97 Å². The van der Waals surface area contributed by atoms with E-state index in [0.717, 1.165) is 29.3 Å². The number of nitrogens with zero attached hydrogens (tertiary/aromatic N) is 3. The van der Waals surface area contributed by atoms with E-state index < -0.39 is 0 Å². The van der Waals surface area contributed by atoms with E-state index >= 15 is 0 Å². The standard InChI is InChI=1S/C16H14ClN3S/c17-14-12-10-13(11-6-2-1-3-7-11)21-15(12)19-16(18-14)20-8-4-5-9-20/h1-3,6-7,10H,4-5,8-9H2. The van der Waals surface area contributed by atoms with Crippen molar-refractivity contribution in [3.63, 3.8) is 0 Å². The summed E-state index contributed by atoms with van der Waals surface area (Å²) in [5.41, 5.74) is 1.19. The van der Waals surface area contributed by atoms with Gasteiger partial charge >= 0.3 is 0 Å². The minimum absolute atomic E-state index is 0.556. The van der Waals surface area contributed by atoms with Crippen LogP contribution in [-0.4, -0.2) is 23.1 Å². The van der Waals surface area contributed by atoms with Crippen LogP contribution in [0.15, 0.2) is 36.4 Å². The van der Waals surface area contributed by atoms with Crippen molar-refractivity contribution in [2.75, 3.05) is 18.0 Å². The number of aromatic nitrogens is 2. The van der Waals surface area contributed by atoms with Gasteiger partial charge in [0, 0.05) is 23.4 Å². The number of anilines is 1. The molecule has 0 unspecified atom stereocenters. The smallest absolute Gasteiger partial charge is 0.228 e. The summed E-state index contributed by atoms with van der Waals surface area (Å²) in [6.07, 6.45) is 2.41. The summed E-state index contributed by atoms with van der Waals surface area (Å²) in [6.45, 7) is 2.05. The number of hydrogen-bond acceptors (Lipinski definition) is 4. The summed E-state index contributed by atoms with van der Waals surface area (Å²) < 4.78 is 0. The molecule has 0 aliphatic carbocycles. The van der Waals surface area contributed by atoms with Gasteiger partial charge in [0.25, 0.3) is 0 Å². The van der Waals surface area contributed by atoms with Crippen LogP contribution in [0.25, 0.3) is 20.7 Å². The zero-order valence-electron chi connectivity index (χ0n) is 11.4. The molecule has 3 nitrogen and oxygen atoms in total. The molecule has 3 heterocycles. The van der Waals surface area contributed by atoms with E-state index in [-0.39, 0.29) is 0 Å². The highest BCUT2D eigenvalue weighted by Crippen LogP contribution is 2.36. The molecule has 0 atom stereocenters. The molecule has 0 bridgehead atoms. The molecule has 1 aliphatic heterocycles. The summed E-state index contributed by atoms with van der Waals surface area (Å²) in [5.74, 6) is 0.770. The Kier molecular flexibility index (Phi) is 3.28. The van der Waals surface area contributed by atoms with Crippen LogP contribution in [0.3, 0.4) is 0 Å². The first kappa shape index (κ1) is 13.0. The largest absolute Gasteiger partial charge is 0.341 e. The molecule has 1 aromatic carbocycles. The van der Waals surface area contributed by atoms with Gasteiger partial charge < -0.3 is 4.90 Å². The van der Waals surface area contributed by atoms with Crippen molar-refractivity contribution < 1.29 is 0 Å². The van der Waals surface area contributed by atoms with Crippen LogP contribution in [0.1, 0.15) is 12.8 Å². The molecule has 5 heteroatoms. The van der Waals surface area contributed by atoms with Gasteiger partial charge in [0.2, 0.25) is 5.95 Å². The molecule has 2 aromatic heterocycles. The number of fused-ring (bicyclic) bond motifs is 1. The van der Waals surface area contributed by atoms with Gasteiger partial charge in [-0.3, -0.25) is 0 Å². The summed E-state index contributed by atoms with van der Waals surface area (Å²) in [4.78, 5) is 13.6. The van der Waals surface area contributed by atoms with Gasteiger partial charge in [-0.25, -0.2) is 9.97 Å². The molecule has 0 spiro atoms. The molecule has 0 saturated carbocycles. The Morgan fingerprint density at radius 3 is 2.57 bits per heavy atom. The third-order valence-corrected chi connectivity index (χ3v) is 5.15. The van der Waals surface area contributed by atoms with Crippen molar-refractivity contribution >= 4 is 39.1 Å². The second-order valence-electron chi connectivity index (χ2n) is 5.20. The van der Waals surface area contributed by atoms with Gasteiger partial charge in [-0.05, 0) is 24.5 Å². The first-order valence-corrected chi connectivity index (χ1v) is 8.28. The Morgan fingerprint density at radius 1 is 1.05 bits per heavy atom. The Labute approximate surface area is 132 Å². The number of hydrogen-bond donors (Lipinski definition) is 0. The maximum absolute atomic E-state index is 6.37. The zero-order chi connectivity index (χ0) is 14.2. The molecule has 106 valence electrons. The van der Waals surface area contributed by atoms with E-state index in [4.69, 9.17) is 16.6 Å². The third kappa shape index (κ3) is 2.39. The van der Waals surface area contributed by atoms with Crippen LogP contribution in [0, 0.1) is 0 Å². The number of halogens is 1. The van der Waals surface area contributed by atoms with Gasteiger partial charge in [0.05, 0.1) is 0 Å². The van der Waals surface area contributed by atoms with Crippen molar-refractivity contribution in [3.8, 4) is 10.4 Å². The lowest BCUT2D eigenvalue weighted by atomic mass is 10.2. The first-order chi connectivity index (χ1) is 10.3. The molecule has 0 amide bonds. The van der Waals surface area contributed by atoms with Crippen molar-refractivity contribution in [3.05, 3.63) is 41.6 Å². The summed E-state index contributed by atoms with van der Waals surface area (Å²) >= 11 is 8.05. The van der Waals surface area contributed by atoms with Crippen molar-refractivity contribution in [1.29, 1.82) is 0 Å². The molecule has 1 aliphatic rings. The van der Waals surface area contributed by atoms with E-state index in [1.165, 1.54) is 23.3 Å². The number of rotatable bonds is 2. The summed E-state index contributed by atoms with van der Waals surface area (Å²) in [7, 11) is 0. The second-order valence-corrected chi connectivity index (χ2v) is 6.59. The fraction of sp³-hybridized carbons (Fsp3) is 0.250. The monoisotopic (exact) mass is 315 g/mol. The summed E-state index contributed by atoms with van der Waals surface area (Å²) in [5, 5.41) is 1.50. The normalized spacial score (nSPS) is 15.0. The van der Waals surface area contributed by atoms with Crippen LogP contribution in [0.4, 0.5) is 5.95 Å². The lowest BCUT2D eigenvalue weighted by Gasteiger charge is -2.14. The minimum Gasteiger partial charge on any atom is -0.341 e. The van der Waals surface area contributed by atoms with E-state index in [1.807, 2.05) is 18.2 Å². The molecule has 0 N–H and O–H groups in total. The van der Waals surface area contributed by atoms with Crippen LogP contribution in [0.5, 0.6) is 0 Å². The molecular weight excluding hydrogens is 302 g/mol. The zero-order valence-corrected chi connectivity index (χ0v) is 13.0. The molecule has 1 fully saturated rings. The molecule has 21 heavy (non-hydrogen) atoms. The Bertz CT molecular complexity index is 779. The summed E-state index contributed by atoms with van der Waals surface area (Å²) in [6, 6.07) is 12.4. The van der Waals surface area contributed by atoms with E-state index in [9.17, 15) is 0 Å². The highest BCUT2D eigenvalue weighted by Gasteiger charge is 2.18. The van der Waals surface area contributed by atoms with Gasteiger partial charge in [0.1, 0.15) is 9.98 Å². The highest BCUT2D eigenvalue weighted by atomic mass is 35.5. The quantitative estimate of drug-likeness (QED) is 0.647. The Morgan fingerprint density at radius 2 is 1.81 bits per heavy atom. The molecule has 3 aromatic rings. The SMILES string of the molecule is Clc1nc(N2CCCC2)nc2sc(-c3ccccc3)cc12. The fourth-order valence-electron chi connectivity index (χ4n) is 2.68. The molecule has 4 rings (SSSR count). The maximum Gasteiger partial charge on any atom is 0.228 e. The van der Waals surface area contributed by atoms with Crippen LogP contribution in [-0.2, 0) is 0 Å². The third-order valence-electron chi connectivity index (χ3n) is 3.78. The van der Waals surface area contributed by atoms with E-state index in [1.54, 1.807) is 11.3 Å². The lowest BCUT2D eigenvalue weighted by molar-refractivity contribution is 0.909. The van der Waals surface area contributed by atoms with E-state index in [2.05, 4.69) is 28.1 Å². The van der Waals surface area contributed by atoms with Gasteiger partial charge in [-0.15, -0.1) is 11.3 Å². The van der Waals surface area contributed by atoms with Gasteiger partial charge in [0.15, 0.2) is 0 Å². The second kappa shape index (κ2) is 5.28. The minimum atomic E-state index is 0.556. The van der Waals surface area contributed by atoms with Gasteiger partial charge in [-0.1, -0.05) is 41.9 Å². The van der Waals surface area contributed by atoms with Crippen LogP contribution < -0.4 is 4.90 Å². The topological polar surface area (TPSA) is 29.0 Å². The van der Waals surface area contributed by atoms with Crippen LogP contribution >= 0.6 is 22.9 Å². The lowest BCUT2D eigenvalue weighted by Crippen LogP contribution is -2.20. The average Bonchev–Trinajstić information content (AvgIpc) is 3.17. The Hall–Kier alpha value is -1.65. The van der Waals surface area contributed by atoms with Crippen molar-refractivity contribution in [2.45, 2.75) is 12.8 Å². The Balaban J connectivity index is 1.82. The fourth-order valence-corrected chi connectivity index (χ4v) is 3.99. The highest BCUT2D eigenvalue weighted by molar-refractivity contribution is 7.22. The van der Waals surface area contributed by atoms with Gasteiger partial charge in [-0.2, -0.15) is 0 Å². The molecular formula is C16H14ClN3S. The first-order valence-electron chi connectivity index (χ1n) is 7.09. The number of thiophene rings is 1. The maximum atomic E-state index is 6.37. The van der Waals surface area contributed by atoms with Crippen molar-refractivity contribution in [2.24, 2.45) is 0 Å². The van der Waals surface area contributed by atoms with Crippen LogP contribution in [0.2, 0.25) is 5.15 Å². The average molecular weight is 316 g/mol. The predicted octanol–water partition coefficient (Wildman–Crippen LogP) is 4.61. The predicted molar refractivity (Wildman–Crippen MR) is 89.3 cm³/mol. The molecule has 1 saturated heterocycles.